The van der Waals surface area contributed by atoms with Gasteiger partial charge in [-0.05, 0) is 249 Å². The summed E-state index contributed by atoms with van der Waals surface area (Å²) < 4.78 is 13.8. The van der Waals surface area contributed by atoms with Gasteiger partial charge < -0.3 is 26.6 Å². The summed E-state index contributed by atoms with van der Waals surface area (Å²) in [7, 11) is 0. The standard InChI is InChI=1S/2C19H13BrN4O.C19H15BrN4.C18H14BrN5.C17H19BrN4/c20-16-12-22-24-17(16)9-15(13-5-2-1-3-6-13)10-18(24)23-19(25)14-7-4-8-21-11-14;20-16-12-22-24-17(16)10-15(13-4-2-1-3-5-13)11-18(24)23-19(25)14-6-8-21-9-7-14;20-17-13-23-24-18(17)10-16(15-4-2-1-3-5-15)11-19(24)22-12-14-6-8-21-9-7-14;19-16-11-23-24-17(16)6-15(14-4-2-1-3-5-14)7-18(24)22-10-13-8-20-12-21-9-13;1-17(2,3)13-7-15-14(18)11-21-22(15)16(8-13)20-10-12-5-4-6-19-9-12/h2*1-12H,(H,23,25);1-11,13,22H,12H2;1-9,11-12,22H,10H2;4-9,11,20H,10H2,1-3H3. The number of hydrogen-bond donors (Lipinski definition) is 5. The normalized spacial score (nSPS) is 11.0. The van der Waals surface area contributed by atoms with Crippen LogP contribution in [-0.4, -0.2) is 89.8 Å². The van der Waals surface area contributed by atoms with E-state index >= 15 is 0 Å². The lowest BCUT2D eigenvalue weighted by atomic mass is 9.87. The molecule has 28 heteroatoms. The van der Waals surface area contributed by atoms with E-state index in [2.05, 4.69) is 261 Å². The number of anilines is 5. The largest absolute Gasteiger partial charge is 0.366 e. The lowest BCUT2D eigenvalue weighted by molar-refractivity contribution is 0.101. The quantitative estimate of drug-likeness (QED) is 0.0568. The molecule has 0 bridgehead atoms. The highest BCUT2D eigenvalue weighted by molar-refractivity contribution is 9.11. The fourth-order valence-electron chi connectivity index (χ4n) is 12.8. The molecular formula is C92H74Br5N21O2. The second-order valence-electron chi connectivity index (χ2n) is 28.2. The Balaban J connectivity index is 0.000000117. The maximum atomic E-state index is 12.5. The minimum absolute atomic E-state index is 0.0796. The Morgan fingerprint density at radius 1 is 0.292 bits per heavy atom. The number of halogens is 5. The maximum Gasteiger partial charge on any atom is 0.258 e. The molecule has 19 aromatic rings. The van der Waals surface area contributed by atoms with Gasteiger partial charge in [0.1, 0.15) is 35.4 Å². The van der Waals surface area contributed by atoms with E-state index < -0.39 is 0 Å². The number of carbonyl (C=O) groups is 2. The van der Waals surface area contributed by atoms with E-state index in [4.69, 9.17) is 0 Å². The van der Waals surface area contributed by atoms with Crippen LogP contribution in [0.1, 0.15) is 63.7 Å². The van der Waals surface area contributed by atoms with Crippen LogP contribution in [-0.2, 0) is 25.0 Å². The van der Waals surface area contributed by atoms with E-state index in [0.717, 1.165) is 112 Å². The summed E-state index contributed by atoms with van der Waals surface area (Å²) >= 11 is 17.8. The van der Waals surface area contributed by atoms with E-state index in [1.165, 1.54) is 34.8 Å². The second-order valence-corrected chi connectivity index (χ2v) is 32.5. The van der Waals surface area contributed by atoms with Gasteiger partial charge in [-0.15, -0.1) is 0 Å². The van der Waals surface area contributed by atoms with Crippen molar-refractivity contribution in [2.75, 3.05) is 26.6 Å². The Morgan fingerprint density at radius 3 is 1.01 bits per heavy atom. The number of aromatic nitrogens is 16. The molecule has 0 unspecified atom stereocenters. The SMILES string of the molecule is Brc1cnn2c(NCc3ccncc3)cc(-c3ccccc3)cc12.Brc1cnn2c(NCc3cncnc3)cc(-c3ccccc3)cc12.CC(C)(C)c1cc(NCc2cccnc2)n2ncc(Br)c2c1.O=C(Nc1cc(-c2ccccc2)cc2c(Br)cnn12)c1cccnc1.O=C(Nc1cc(-c2ccccc2)cc2c(Br)cnn12)c1ccncc1. The van der Waals surface area contributed by atoms with Crippen molar-refractivity contribution in [3.8, 4) is 44.5 Å². The zero-order chi connectivity index (χ0) is 82.9. The van der Waals surface area contributed by atoms with Crippen LogP contribution in [0.4, 0.5) is 29.1 Å². The van der Waals surface area contributed by atoms with Gasteiger partial charge in [-0.2, -0.15) is 25.5 Å². The molecule has 4 aromatic carbocycles. The van der Waals surface area contributed by atoms with Gasteiger partial charge in [-0.1, -0.05) is 148 Å². The molecule has 15 aromatic heterocycles. The molecule has 0 atom stereocenters. The lowest BCUT2D eigenvalue weighted by Gasteiger charge is -2.21. The van der Waals surface area contributed by atoms with Crippen molar-refractivity contribution in [1.29, 1.82) is 0 Å². The Kier molecular flexibility index (Phi) is 26.2. The van der Waals surface area contributed by atoms with Gasteiger partial charge in [0.2, 0.25) is 0 Å². The highest BCUT2D eigenvalue weighted by atomic mass is 79.9. The smallest absolute Gasteiger partial charge is 0.258 e. The predicted molar refractivity (Wildman–Crippen MR) is 492 cm³/mol. The summed E-state index contributed by atoms with van der Waals surface area (Å²) in [4.78, 5) is 49.3. The molecule has 120 heavy (non-hydrogen) atoms. The minimum Gasteiger partial charge on any atom is -0.366 e. The molecule has 5 N–H and O–H groups in total. The van der Waals surface area contributed by atoms with E-state index in [9.17, 15) is 9.59 Å². The number of carbonyl (C=O) groups excluding carboxylic acids is 2. The average Bonchev–Trinajstić information content (AvgIpc) is 1.79. The van der Waals surface area contributed by atoms with Crippen LogP contribution in [0, 0.1) is 0 Å². The molecule has 0 fully saturated rings. The molecule has 23 nitrogen and oxygen atoms in total. The third-order valence-electron chi connectivity index (χ3n) is 19.0. The molecule has 0 aliphatic carbocycles. The highest BCUT2D eigenvalue weighted by Crippen LogP contribution is 2.36. The van der Waals surface area contributed by atoms with Crippen molar-refractivity contribution in [3.63, 3.8) is 0 Å². The third-order valence-corrected chi connectivity index (χ3v) is 22.1. The van der Waals surface area contributed by atoms with Crippen molar-refractivity contribution >= 4 is 148 Å². The molecule has 0 spiro atoms. The Hall–Kier alpha value is -13.3. The molecule has 0 saturated heterocycles. The van der Waals surface area contributed by atoms with Gasteiger partial charge >= 0.3 is 0 Å². The number of benzene rings is 4. The summed E-state index contributed by atoms with van der Waals surface area (Å²) in [5, 5.41) is 38.3. The van der Waals surface area contributed by atoms with Crippen LogP contribution >= 0.6 is 79.6 Å². The minimum atomic E-state index is -0.230. The van der Waals surface area contributed by atoms with Gasteiger partial charge in [-0.3, -0.25) is 29.5 Å². The van der Waals surface area contributed by atoms with E-state index in [-0.39, 0.29) is 17.2 Å². The molecule has 0 radical (unpaired) electrons. The Labute approximate surface area is 732 Å². The third kappa shape index (κ3) is 20.1. The number of nitrogens with one attached hydrogen (secondary N) is 5. The van der Waals surface area contributed by atoms with Crippen molar-refractivity contribution < 1.29 is 9.59 Å². The number of hydrogen-bond acceptors (Lipinski definition) is 16. The topological polar surface area (TPSA) is 258 Å². The molecule has 15 heterocycles. The van der Waals surface area contributed by atoms with Crippen LogP contribution in [0.5, 0.6) is 0 Å². The van der Waals surface area contributed by atoms with Crippen LogP contribution in [0.2, 0.25) is 0 Å². The van der Waals surface area contributed by atoms with E-state index in [1.54, 1.807) is 101 Å². The van der Waals surface area contributed by atoms with Gasteiger partial charge in [-0.25, -0.2) is 32.5 Å². The predicted octanol–water partition coefficient (Wildman–Crippen LogP) is 22.2. The monoisotopic (exact) mass is 1900 g/mol. The van der Waals surface area contributed by atoms with Gasteiger partial charge in [0.15, 0.2) is 0 Å². The summed E-state index contributed by atoms with van der Waals surface area (Å²) in [5.41, 5.74) is 19.4. The van der Waals surface area contributed by atoms with Gasteiger partial charge in [0, 0.05) is 92.7 Å². The zero-order valence-electron chi connectivity index (χ0n) is 64.7. The molecular weight excluding hydrogens is 1830 g/mol. The van der Waals surface area contributed by atoms with Crippen molar-refractivity contribution in [3.05, 3.63) is 386 Å². The molecule has 19 rings (SSSR count). The first kappa shape index (κ1) is 81.9. The fraction of sp³-hybridized carbons (Fsp3) is 0.0761. The van der Waals surface area contributed by atoms with Crippen LogP contribution in [0.15, 0.2) is 352 Å². The lowest BCUT2D eigenvalue weighted by Crippen LogP contribution is -2.15. The highest BCUT2D eigenvalue weighted by Gasteiger charge is 2.21. The van der Waals surface area contributed by atoms with E-state index in [0.29, 0.717) is 42.4 Å². The number of nitrogens with zero attached hydrogens (tertiary/aromatic N) is 16. The first-order valence-corrected chi connectivity index (χ1v) is 41.7. The molecule has 594 valence electrons. The fourth-order valence-corrected chi connectivity index (χ4v) is 14.7. The summed E-state index contributed by atoms with van der Waals surface area (Å²) in [6.07, 6.45) is 27.6. The van der Waals surface area contributed by atoms with Gasteiger partial charge in [0.25, 0.3) is 11.8 Å². The number of fused-ring (bicyclic) bond motifs is 5. The second kappa shape index (κ2) is 38.4. The molecule has 0 aliphatic rings. The first-order chi connectivity index (χ1) is 58.5. The molecule has 2 amide bonds. The molecule has 0 saturated carbocycles. The first-order valence-electron chi connectivity index (χ1n) is 37.8. The van der Waals surface area contributed by atoms with Crippen LogP contribution in [0.3, 0.4) is 0 Å². The summed E-state index contributed by atoms with van der Waals surface area (Å²) in [6.45, 7) is 8.71. The number of rotatable bonds is 17. The Morgan fingerprint density at radius 2 is 0.625 bits per heavy atom. The summed E-state index contributed by atoms with van der Waals surface area (Å²) in [5.74, 6) is 3.61. The van der Waals surface area contributed by atoms with Crippen molar-refractivity contribution in [2.24, 2.45) is 0 Å². The van der Waals surface area contributed by atoms with Crippen LogP contribution in [0.25, 0.3) is 72.1 Å². The maximum absolute atomic E-state index is 12.5. The van der Waals surface area contributed by atoms with E-state index in [1.807, 2.05) is 160 Å². The zero-order valence-corrected chi connectivity index (χ0v) is 72.6. The number of amides is 2. The Bertz CT molecular complexity index is 6350. The summed E-state index contributed by atoms with van der Waals surface area (Å²) in [6, 6.07) is 76.3. The number of pyridine rings is 9. The van der Waals surface area contributed by atoms with Gasteiger partial charge in [0.05, 0.1) is 86.5 Å². The van der Waals surface area contributed by atoms with Crippen LogP contribution < -0.4 is 26.6 Å². The average molecular weight is 1910 g/mol. The van der Waals surface area contributed by atoms with Crippen molar-refractivity contribution in [1.82, 2.24) is 78.0 Å². The van der Waals surface area contributed by atoms with Crippen molar-refractivity contribution in [2.45, 2.75) is 45.8 Å². The molecule has 0 aliphatic heterocycles.